The highest BCUT2D eigenvalue weighted by Crippen LogP contribution is 2.40. The number of nitrogens with zero attached hydrogens (tertiary/aromatic N) is 1. The third-order valence-corrected chi connectivity index (χ3v) is 4.41. The summed E-state index contributed by atoms with van der Waals surface area (Å²) in [6.07, 6.45) is 3.16. The van der Waals surface area contributed by atoms with Crippen LogP contribution in [0.4, 0.5) is 5.69 Å². The van der Waals surface area contributed by atoms with E-state index >= 15 is 0 Å². The first-order valence-electron chi connectivity index (χ1n) is 8.13. The van der Waals surface area contributed by atoms with Crippen LogP contribution in [0.2, 0.25) is 0 Å². The largest absolute Gasteiger partial charge is 0.424 e. The molecule has 0 radical (unpaired) electrons. The molecule has 0 aliphatic carbocycles. The highest BCUT2D eigenvalue weighted by molar-refractivity contribution is 6.02. The van der Waals surface area contributed by atoms with Crippen molar-refractivity contribution in [1.29, 1.82) is 0 Å². The van der Waals surface area contributed by atoms with Crippen LogP contribution >= 0.6 is 0 Å². The van der Waals surface area contributed by atoms with Crippen molar-refractivity contribution < 1.29 is 19.2 Å². The maximum absolute atomic E-state index is 13.1. The van der Waals surface area contributed by atoms with Crippen LogP contribution in [0.3, 0.4) is 0 Å². The zero-order valence-corrected chi connectivity index (χ0v) is 13.7. The Labute approximate surface area is 145 Å². The van der Waals surface area contributed by atoms with Gasteiger partial charge in [-0.1, -0.05) is 48.0 Å². The Morgan fingerprint density at radius 1 is 1.12 bits per heavy atom. The van der Waals surface area contributed by atoms with Gasteiger partial charge in [0.25, 0.3) is 5.79 Å². The number of anilines is 1. The molecule has 4 rings (SSSR count). The second-order valence-corrected chi connectivity index (χ2v) is 6.27. The summed E-state index contributed by atoms with van der Waals surface area (Å²) >= 11 is 0. The molecule has 126 valence electrons. The quantitative estimate of drug-likeness (QED) is 0.637. The number of Topliss-reactive ketones (excluding diaryl/α,β-unsaturated/α-hetero) is 1. The number of carbonyl (C=O) groups is 2. The number of hydrogen-bond donors (Lipinski definition) is 0. The summed E-state index contributed by atoms with van der Waals surface area (Å²) in [4.78, 5) is 30.5. The van der Waals surface area contributed by atoms with Crippen molar-refractivity contribution in [2.45, 2.75) is 25.2 Å². The molecule has 2 atom stereocenters. The van der Waals surface area contributed by atoms with Crippen molar-refractivity contribution >= 4 is 17.4 Å². The van der Waals surface area contributed by atoms with Gasteiger partial charge in [-0.25, -0.2) is 14.7 Å². The van der Waals surface area contributed by atoms with Crippen LogP contribution in [0.15, 0.2) is 66.7 Å². The second-order valence-electron chi connectivity index (χ2n) is 6.27. The summed E-state index contributed by atoms with van der Waals surface area (Å²) in [7, 11) is 0. The van der Waals surface area contributed by atoms with Crippen LogP contribution in [0.1, 0.15) is 22.3 Å². The molecule has 0 amide bonds. The fourth-order valence-corrected chi connectivity index (χ4v) is 3.13. The van der Waals surface area contributed by atoms with E-state index in [1.165, 1.54) is 6.08 Å². The van der Waals surface area contributed by atoms with Gasteiger partial charge < -0.3 is 4.74 Å². The minimum absolute atomic E-state index is 0.0722. The van der Waals surface area contributed by atoms with Crippen molar-refractivity contribution in [1.82, 2.24) is 0 Å². The first kappa shape index (κ1) is 15.6. The normalized spacial score (nSPS) is 24.8. The van der Waals surface area contributed by atoms with Gasteiger partial charge in [-0.05, 0) is 25.1 Å². The van der Waals surface area contributed by atoms with Crippen LogP contribution in [0, 0.1) is 6.92 Å². The summed E-state index contributed by atoms with van der Waals surface area (Å²) in [5.74, 6) is -1.74. The van der Waals surface area contributed by atoms with Crippen molar-refractivity contribution in [2.24, 2.45) is 0 Å². The Hall–Kier alpha value is -2.92. The van der Waals surface area contributed by atoms with Crippen LogP contribution in [-0.2, 0) is 14.4 Å². The Morgan fingerprint density at radius 3 is 2.48 bits per heavy atom. The summed E-state index contributed by atoms with van der Waals surface area (Å²) in [5, 5.41) is 1.55. The van der Waals surface area contributed by atoms with Gasteiger partial charge >= 0.3 is 5.97 Å². The first-order chi connectivity index (χ1) is 12.1. The van der Waals surface area contributed by atoms with E-state index < -0.39 is 17.8 Å². The fraction of sp³-hybridized carbons (Fsp3) is 0.200. The van der Waals surface area contributed by atoms with E-state index in [-0.39, 0.29) is 12.2 Å². The second kappa shape index (κ2) is 5.86. The van der Waals surface area contributed by atoms with Crippen LogP contribution < -0.4 is 5.06 Å². The van der Waals surface area contributed by atoms with Crippen molar-refractivity contribution in [3.8, 4) is 0 Å². The molecule has 2 aromatic rings. The van der Waals surface area contributed by atoms with Crippen molar-refractivity contribution in [2.75, 3.05) is 5.06 Å². The minimum atomic E-state index is -1.21. The van der Waals surface area contributed by atoms with Crippen LogP contribution in [-0.4, -0.2) is 23.6 Å². The molecule has 2 aromatic carbocycles. The standard InChI is InChI=1S/C20H17NO4/c1-14-7-9-15(10-8-14)19(23)17-13-20(12-11-18(22)24-20)25-21(17)16-5-3-2-4-6-16/h2-12,17H,13H2,1H3/t17-,20-/m1/s1. The molecule has 2 aliphatic rings. The van der Waals surface area contributed by atoms with Gasteiger partial charge in [-0.2, -0.15) is 0 Å². The molecule has 0 aromatic heterocycles. The number of hydroxylamine groups is 1. The number of hydrogen-bond acceptors (Lipinski definition) is 5. The number of ketones is 1. The molecular formula is C20H17NO4. The van der Waals surface area contributed by atoms with Gasteiger partial charge in [-0.3, -0.25) is 4.79 Å². The SMILES string of the molecule is Cc1ccc(C(=O)[C@H]2C[C@@]3(C=CC(=O)O3)ON2c2ccccc2)cc1. The van der Waals surface area contributed by atoms with E-state index in [9.17, 15) is 9.59 Å². The van der Waals surface area contributed by atoms with Crippen molar-refractivity contribution in [3.63, 3.8) is 0 Å². The summed E-state index contributed by atoms with van der Waals surface area (Å²) in [6, 6.07) is 16.2. The lowest BCUT2D eigenvalue weighted by Gasteiger charge is -2.24. The molecule has 0 saturated carbocycles. The van der Waals surface area contributed by atoms with Crippen LogP contribution in [0.5, 0.6) is 0 Å². The first-order valence-corrected chi connectivity index (χ1v) is 8.13. The zero-order chi connectivity index (χ0) is 17.4. The minimum Gasteiger partial charge on any atom is -0.424 e. The average molecular weight is 335 g/mol. The van der Waals surface area contributed by atoms with Gasteiger partial charge in [-0.15, -0.1) is 0 Å². The molecule has 0 bridgehead atoms. The smallest absolute Gasteiger partial charge is 0.333 e. The number of para-hydroxylation sites is 1. The topological polar surface area (TPSA) is 55.8 Å². The van der Waals surface area contributed by atoms with Gasteiger partial charge in [0.15, 0.2) is 5.78 Å². The zero-order valence-electron chi connectivity index (χ0n) is 13.7. The Morgan fingerprint density at radius 2 is 1.84 bits per heavy atom. The molecule has 1 fully saturated rings. The van der Waals surface area contributed by atoms with Gasteiger partial charge in [0.1, 0.15) is 6.04 Å². The Balaban J connectivity index is 1.70. The van der Waals surface area contributed by atoms with E-state index in [4.69, 9.17) is 9.57 Å². The number of ether oxygens (including phenoxy) is 1. The number of esters is 1. The predicted octanol–water partition coefficient (Wildman–Crippen LogP) is 3.20. The summed E-state index contributed by atoms with van der Waals surface area (Å²) in [6.45, 7) is 1.97. The number of benzene rings is 2. The highest BCUT2D eigenvalue weighted by Gasteiger charge is 2.52. The molecule has 5 nitrogen and oxygen atoms in total. The lowest BCUT2D eigenvalue weighted by Crippen LogP contribution is -2.35. The van der Waals surface area contributed by atoms with Crippen LogP contribution in [0.25, 0.3) is 0 Å². The monoisotopic (exact) mass is 335 g/mol. The Bertz CT molecular complexity index is 844. The van der Waals surface area contributed by atoms with Gasteiger partial charge in [0.05, 0.1) is 5.69 Å². The molecule has 0 N–H and O–H groups in total. The van der Waals surface area contributed by atoms with Gasteiger partial charge in [0, 0.05) is 18.1 Å². The van der Waals surface area contributed by atoms with Crippen molar-refractivity contribution in [3.05, 3.63) is 77.9 Å². The molecule has 1 saturated heterocycles. The van der Waals surface area contributed by atoms with E-state index in [1.807, 2.05) is 61.5 Å². The van der Waals surface area contributed by atoms with E-state index in [2.05, 4.69) is 0 Å². The molecule has 2 aliphatic heterocycles. The number of rotatable bonds is 3. The lowest BCUT2D eigenvalue weighted by atomic mass is 9.97. The van der Waals surface area contributed by atoms with E-state index in [1.54, 1.807) is 11.1 Å². The third kappa shape index (κ3) is 2.83. The predicted molar refractivity (Wildman–Crippen MR) is 91.9 cm³/mol. The summed E-state index contributed by atoms with van der Waals surface area (Å²) < 4.78 is 5.33. The van der Waals surface area contributed by atoms with Gasteiger partial charge in [0.2, 0.25) is 0 Å². The Kier molecular flexibility index (Phi) is 3.66. The lowest BCUT2D eigenvalue weighted by molar-refractivity contribution is -0.184. The molecule has 2 heterocycles. The third-order valence-electron chi connectivity index (χ3n) is 4.41. The average Bonchev–Trinajstić information content (AvgIpc) is 3.19. The molecule has 0 unspecified atom stereocenters. The fourth-order valence-electron chi connectivity index (χ4n) is 3.13. The number of aryl methyl sites for hydroxylation is 1. The molecular weight excluding hydrogens is 318 g/mol. The molecule has 5 heteroatoms. The maximum atomic E-state index is 13.1. The summed E-state index contributed by atoms with van der Waals surface area (Å²) in [5.41, 5.74) is 2.43. The van der Waals surface area contributed by atoms with E-state index in [0.717, 1.165) is 11.3 Å². The highest BCUT2D eigenvalue weighted by atomic mass is 16.8. The van der Waals surface area contributed by atoms with E-state index in [0.29, 0.717) is 5.56 Å². The maximum Gasteiger partial charge on any atom is 0.333 e. The number of carbonyl (C=O) groups excluding carboxylic acids is 2. The molecule has 25 heavy (non-hydrogen) atoms. The molecule has 1 spiro atoms.